The number of urea groups is 1. The van der Waals surface area contributed by atoms with E-state index in [0.717, 1.165) is 24.9 Å². The second-order valence-electron chi connectivity index (χ2n) is 6.81. The van der Waals surface area contributed by atoms with E-state index in [1.54, 1.807) is 23.5 Å². The van der Waals surface area contributed by atoms with Crippen LogP contribution in [0.3, 0.4) is 0 Å². The van der Waals surface area contributed by atoms with Gasteiger partial charge in [0.15, 0.2) is 0 Å². The number of nitrogens with one attached hydrogen (secondary N) is 1. The van der Waals surface area contributed by atoms with Crippen LogP contribution in [0.25, 0.3) is 0 Å². The first-order chi connectivity index (χ1) is 13.1. The molecule has 4 amide bonds. The van der Waals surface area contributed by atoms with Gasteiger partial charge in [-0.25, -0.2) is 4.79 Å². The van der Waals surface area contributed by atoms with Gasteiger partial charge in [-0.05, 0) is 47.5 Å². The zero-order valence-electron chi connectivity index (χ0n) is 15.1. The lowest BCUT2D eigenvalue weighted by molar-refractivity contribution is -0.125. The molecule has 4 rings (SSSR count). The van der Waals surface area contributed by atoms with Crippen molar-refractivity contribution in [2.24, 2.45) is 0 Å². The second-order valence-corrected chi connectivity index (χ2v) is 7.81. The molecule has 1 N–H and O–H groups in total. The largest absolute Gasteiger partial charge is 0.331 e. The SMILES string of the molecule is CCC1c2ccsc2CCN1C(=O)c1ccc(CN2C(=O)CNC2=O)cc1. The van der Waals surface area contributed by atoms with Crippen LogP contribution in [0, 0.1) is 0 Å². The van der Waals surface area contributed by atoms with Crippen LogP contribution in [0.2, 0.25) is 0 Å². The van der Waals surface area contributed by atoms with Crippen LogP contribution >= 0.6 is 11.3 Å². The summed E-state index contributed by atoms with van der Waals surface area (Å²) < 4.78 is 0. The van der Waals surface area contributed by atoms with Gasteiger partial charge in [0.05, 0.1) is 19.1 Å². The Morgan fingerprint density at radius 2 is 2.00 bits per heavy atom. The molecule has 0 spiro atoms. The Labute approximate surface area is 161 Å². The maximum absolute atomic E-state index is 13.1. The molecule has 2 aliphatic heterocycles. The summed E-state index contributed by atoms with van der Waals surface area (Å²) >= 11 is 1.77. The van der Waals surface area contributed by atoms with Gasteiger partial charge in [-0.3, -0.25) is 14.5 Å². The number of nitrogens with zero attached hydrogens (tertiary/aromatic N) is 2. The Bertz CT molecular complexity index is 874. The van der Waals surface area contributed by atoms with E-state index in [1.807, 2.05) is 17.0 Å². The van der Waals surface area contributed by atoms with Gasteiger partial charge in [-0.2, -0.15) is 0 Å². The van der Waals surface area contributed by atoms with Gasteiger partial charge in [-0.15, -0.1) is 11.3 Å². The molecule has 1 aromatic heterocycles. The molecule has 1 saturated heterocycles. The lowest BCUT2D eigenvalue weighted by Crippen LogP contribution is -2.39. The summed E-state index contributed by atoms with van der Waals surface area (Å²) in [7, 11) is 0. The zero-order valence-corrected chi connectivity index (χ0v) is 15.9. The molecule has 0 radical (unpaired) electrons. The summed E-state index contributed by atoms with van der Waals surface area (Å²) in [6, 6.07) is 9.08. The molecule has 2 aromatic rings. The van der Waals surface area contributed by atoms with Crippen molar-refractivity contribution in [2.75, 3.05) is 13.1 Å². The number of imide groups is 1. The van der Waals surface area contributed by atoms with Gasteiger partial charge in [-0.1, -0.05) is 19.1 Å². The fraction of sp³-hybridized carbons (Fsp3) is 0.350. The highest BCUT2D eigenvalue weighted by atomic mass is 32.1. The van der Waals surface area contributed by atoms with Crippen LogP contribution in [-0.4, -0.2) is 40.7 Å². The minimum Gasteiger partial charge on any atom is -0.331 e. The highest BCUT2D eigenvalue weighted by Gasteiger charge is 2.31. The van der Waals surface area contributed by atoms with E-state index in [2.05, 4.69) is 23.7 Å². The smallest absolute Gasteiger partial charge is 0.324 e. The Hall–Kier alpha value is -2.67. The number of amides is 4. The number of hydrogen-bond donors (Lipinski definition) is 1. The lowest BCUT2D eigenvalue weighted by atomic mass is 9.96. The Kier molecular flexibility index (Phi) is 4.70. The zero-order chi connectivity index (χ0) is 19.0. The first-order valence-corrected chi connectivity index (χ1v) is 10.0. The highest BCUT2D eigenvalue weighted by molar-refractivity contribution is 7.10. The summed E-state index contributed by atoms with van der Waals surface area (Å²) in [5.74, 6) is -0.203. The van der Waals surface area contributed by atoms with E-state index in [-0.39, 0.29) is 37.0 Å². The minimum atomic E-state index is -0.370. The van der Waals surface area contributed by atoms with E-state index in [0.29, 0.717) is 5.56 Å². The van der Waals surface area contributed by atoms with E-state index in [1.165, 1.54) is 15.3 Å². The number of carbonyl (C=O) groups excluding carboxylic acids is 3. The number of fused-ring (bicyclic) bond motifs is 1. The van der Waals surface area contributed by atoms with Crippen molar-refractivity contribution >= 4 is 29.2 Å². The third-order valence-electron chi connectivity index (χ3n) is 5.22. The quantitative estimate of drug-likeness (QED) is 0.826. The molecule has 1 fully saturated rings. The van der Waals surface area contributed by atoms with Gasteiger partial charge in [0.25, 0.3) is 5.91 Å². The van der Waals surface area contributed by atoms with Crippen molar-refractivity contribution in [2.45, 2.75) is 32.4 Å². The molecule has 1 atom stereocenters. The van der Waals surface area contributed by atoms with E-state index >= 15 is 0 Å². The van der Waals surface area contributed by atoms with Gasteiger partial charge in [0.1, 0.15) is 0 Å². The molecule has 2 aliphatic rings. The van der Waals surface area contributed by atoms with Crippen molar-refractivity contribution in [3.63, 3.8) is 0 Å². The summed E-state index contributed by atoms with van der Waals surface area (Å²) in [6.45, 7) is 3.11. The van der Waals surface area contributed by atoms with Crippen molar-refractivity contribution in [1.29, 1.82) is 0 Å². The predicted molar refractivity (Wildman–Crippen MR) is 102 cm³/mol. The van der Waals surface area contributed by atoms with Crippen molar-refractivity contribution in [3.05, 3.63) is 57.3 Å². The topological polar surface area (TPSA) is 69.7 Å². The Morgan fingerprint density at radius 3 is 2.67 bits per heavy atom. The summed E-state index contributed by atoms with van der Waals surface area (Å²) in [5, 5.41) is 4.61. The molecule has 0 bridgehead atoms. The van der Waals surface area contributed by atoms with Gasteiger partial charge >= 0.3 is 6.03 Å². The molecule has 0 saturated carbocycles. The van der Waals surface area contributed by atoms with E-state index in [4.69, 9.17) is 0 Å². The lowest BCUT2D eigenvalue weighted by Gasteiger charge is -2.35. The van der Waals surface area contributed by atoms with Crippen molar-refractivity contribution in [3.8, 4) is 0 Å². The molecule has 1 aromatic carbocycles. The average Bonchev–Trinajstić information content (AvgIpc) is 3.29. The van der Waals surface area contributed by atoms with Crippen molar-refractivity contribution < 1.29 is 14.4 Å². The molecule has 6 nitrogen and oxygen atoms in total. The fourth-order valence-corrected chi connectivity index (χ4v) is 4.72. The maximum Gasteiger partial charge on any atom is 0.324 e. The van der Waals surface area contributed by atoms with E-state index < -0.39 is 0 Å². The number of benzene rings is 1. The number of hydrogen-bond acceptors (Lipinski definition) is 4. The third kappa shape index (κ3) is 3.23. The van der Waals surface area contributed by atoms with Crippen LogP contribution in [0.15, 0.2) is 35.7 Å². The van der Waals surface area contributed by atoms with Crippen molar-refractivity contribution in [1.82, 2.24) is 15.1 Å². The highest BCUT2D eigenvalue weighted by Crippen LogP contribution is 2.36. The van der Waals surface area contributed by atoms with Crippen LogP contribution in [0.5, 0.6) is 0 Å². The third-order valence-corrected chi connectivity index (χ3v) is 6.22. The van der Waals surface area contributed by atoms with Crippen LogP contribution < -0.4 is 5.32 Å². The van der Waals surface area contributed by atoms with Crippen LogP contribution in [-0.2, 0) is 17.8 Å². The molecule has 7 heteroatoms. The molecule has 27 heavy (non-hydrogen) atoms. The van der Waals surface area contributed by atoms with Crippen LogP contribution in [0.4, 0.5) is 4.79 Å². The number of rotatable bonds is 4. The summed E-state index contributed by atoms with van der Waals surface area (Å²) in [5.41, 5.74) is 2.73. The van der Waals surface area contributed by atoms with Gasteiger partial charge in [0, 0.05) is 17.0 Å². The molecule has 3 heterocycles. The first kappa shape index (κ1) is 17.7. The average molecular weight is 383 g/mol. The Balaban J connectivity index is 1.49. The maximum atomic E-state index is 13.1. The number of carbonyl (C=O) groups is 3. The molecular weight excluding hydrogens is 362 g/mol. The predicted octanol–water partition coefficient (Wildman–Crippen LogP) is 2.95. The minimum absolute atomic E-state index is 0.0280. The van der Waals surface area contributed by atoms with E-state index in [9.17, 15) is 14.4 Å². The van der Waals surface area contributed by atoms with Gasteiger partial charge in [0.2, 0.25) is 5.91 Å². The monoisotopic (exact) mass is 383 g/mol. The molecule has 1 unspecified atom stereocenters. The van der Waals surface area contributed by atoms with Gasteiger partial charge < -0.3 is 10.2 Å². The number of thiophene rings is 1. The normalized spacial score (nSPS) is 19.2. The Morgan fingerprint density at radius 1 is 1.22 bits per heavy atom. The summed E-state index contributed by atoms with van der Waals surface area (Å²) in [6.07, 6.45) is 1.79. The van der Waals surface area contributed by atoms with Crippen LogP contribution in [0.1, 0.15) is 45.7 Å². The molecular formula is C20H21N3O3S. The summed E-state index contributed by atoms with van der Waals surface area (Å²) in [4.78, 5) is 40.9. The first-order valence-electron chi connectivity index (χ1n) is 9.13. The fourth-order valence-electron chi connectivity index (χ4n) is 3.80. The standard InChI is InChI=1S/C20H21N3O3S/c1-2-16-15-8-10-27-17(15)7-9-22(16)19(25)14-5-3-13(4-6-14)12-23-18(24)11-21-20(23)26/h3-6,8,10,16H,2,7,9,11-12H2,1H3,(H,21,26). The second kappa shape index (κ2) is 7.15. The molecule has 0 aliphatic carbocycles. The molecule has 140 valence electrons.